The van der Waals surface area contributed by atoms with Gasteiger partial charge < -0.3 is 14.9 Å². The van der Waals surface area contributed by atoms with Crippen molar-refractivity contribution in [3.05, 3.63) is 0 Å². The van der Waals surface area contributed by atoms with E-state index in [1.165, 1.54) is 0 Å². The highest BCUT2D eigenvalue weighted by atomic mass is 16.5. The van der Waals surface area contributed by atoms with E-state index in [0.29, 0.717) is 6.42 Å². The number of carbonyl (C=O) groups excluding carboxylic acids is 1. The number of carbonyl (C=O) groups is 1. The van der Waals surface area contributed by atoms with Crippen molar-refractivity contribution in [2.45, 2.75) is 52.4 Å². The molecular formula is C12H22O4. The molecule has 1 unspecified atom stereocenters. The number of ether oxygens (including phenoxy) is 1. The summed E-state index contributed by atoms with van der Waals surface area (Å²) in [6.07, 6.45) is -1.16. The van der Waals surface area contributed by atoms with Crippen molar-refractivity contribution in [2.24, 2.45) is 17.8 Å². The molecule has 1 saturated heterocycles. The predicted molar refractivity (Wildman–Crippen MR) is 59.7 cm³/mol. The topological polar surface area (TPSA) is 66.8 Å². The van der Waals surface area contributed by atoms with Crippen molar-refractivity contribution in [3.63, 3.8) is 0 Å². The molecule has 5 atom stereocenters. The number of cyclic esters (lactones) is 1. The summed E-state index contributed by atoms with van der Waals surface area (Å²) >= 11 is 0. The van der Waals surface area contributed by atoms with Gasteiger partial charge in [0.1, 0.15) is 6.10 Å². The quantitative estimate of drug-likeness (QED) is 0.708. The van der Waals surface area contributed by atoms with Crippen LogP contribution in [0.3, 0.4) is 0 Å². The fourth-order valence-electron chi connectivity index (χ4n) is 1.95. The van der Waals surface area contributed by atoms with Gasteiger partial charge in [-0.2, -0.15) is 0 Å². The molecule has 1 rings (SSSR count). The highest BCUT2D eigenvalue weighted by molar-refractivity contribution is 5.73. The number of aliphatic hydroxyl groups excluding tert-OH is 2. The molecule has 1 heterocycles. The minimum atomic E-state index is -0.675. The highest BCUT2D eigenvalue weighted by Gasteiger charge is 2.41. The first-order valence-electron chi connectivity index (χ1n) is 5.91. The number of hydrogen-bond acceptors (Lipinski definition) is 4. The van der Waals surface area contributed by atoms with Gasteiger partial charge >= 0.3 is 5.97 Å². The molecule has 0 radical (unpaired) electrons. The Morgan fingerprint density at radius 3 is 2.44 bits per heavy atom. The number of hydrogen-bond donors (Lipinski definition) is 2. The second-order valence-corrected chi connectivity index (χ2v) is 5.16. The van der Waals surface area contributed by atoms with Crippen LogP contribution in [0, 0.1) is 17.8 Å². The van der Waals surface area contributed by atoms with E-state index < -0.39 is 18.1 Å². The van der Waals surface area contributed by atoms with E-state index in [1.54, 1.807) is 6.92 Å². The summed E-state index contributed by atoms with van der Waals surface area (Å²) in [5.41, 5.74) is 0. The molecule has 0 spiro atoms. The summed E-state index contributed by atoms with van der Waals surface area (Å²) in [5.74, 6) is -0.836. The summed E-state index contributed by atoms with van der Waals surface area (Å²) in [7, 11) is 0. The van der Waals surface area contributed by atoms with Gasteiger partial charge in [0.2, 0.25) is 0 Å². The van der Waals surface area contributed by atoms with E-state index in [1.807, 2.05) is 20.8 Å². The molecule has 0 aromatic heterocycles. The Kier molecular flexibility index (Phi) is 4.33. The molecule has 94 valence electrons. The third-order valence-corrected chi connectivity index (χ3v) is 3.52. The Bertz CT molecular complexity index is 251. The zero-order valence-corrected chi connectivity index (χ0v) is 10.4. The van der Waals surface area contributed by atoms with Crippen LogP contribution >= 0.6 is 0 Å². The van der Waals surface area contributed by atoms with Crippen molar-refractivity contribution >= 4 is 5.97 Å². The van der Waals surface area contributed by atoms with Crippen LogP contribution in [0.5, 0.6) is 0 Å². The molecule has 0 aliphatic carbocycles. The molecule has 1 aliphatic rings. The monoisotopic (exact) mass is 230 g/mol. The van der Waals surface area contributed by atoms with Gasteiger partial charge in [-0.15, -0.1) is 0 Å². The van der Waals surface area contributed by atoms with Crippen molar-refractivity contribution in [1.29, 1.82) is 0 Å². The lowest BCUT2D eigenvalue weighted by molar-refractivity contribution is -0.180. The molecule has 0 amide bonds. The van der Waals surface area contributed by atoms with Crippen molar-refractivity contribution in [2.75, 3.05) is 0 Å². The van der Waals surface area contributed by atoms with Crippen LogP contribution in [0.1, 0.15) is 34.1 Å². The van der Waals surface area contributed by atoms with Gasteiger partial charge in [0.25, 0.3) is 0 Å². The number of esters is 1. The van der Waals surface area contributed by atoms with Crippen LogP contribution in [0.15, 0.2) is 0 Å². The lowest BCUT2D eigenvalue weighted by Gasteiger charge is -2.37. The van der Waals surface area contributed by atoms with E-state index in [-0.39, 0.29) is 23.9 Å². The minimum Gasteiger partial charge on any atom is -0.462 e. The van der Waals surface area contributed by atoms with Crippen LogP contribution in [-0.2, 0) is 9.53 Å². The van der Waals surface area contributed by atoms with Gasteiger partial charge in [-0.3, -0.25) is 4.79 Å². The Labute approximate surface area is 96.6 Å². The van der Waals surface area contributed by atoms with Gasteiger partial charge in [-0.25, -0.2) is 0 Å². The lowest BCUT2D eigenvalue weighted by Crippen LogP contribution is -2.48. The summed E-state index contributed by atoms with van der Waals surface area (Å²) in [4.78, 5) is 11.4. The van der Waals surface area contributed by atoms with E-state index in [9.17, 15) is 15.0 Å². The van der Waals surface area contributed by atoms with Crippen LogP contribution < -0.4 is 0 Å². The number of aliphatic hydroxyl groups is 2. The lowest BCUT2D eigenvalue weighted by atomic mass is 9.83. The third kappa shape index (κ3) is 2.74. The maximum Gasteiger partial charge on any atom is 0.311 e. The van der Waals surface area contributed by atoms with Crippen LogP contribution in [0.2, 0.25) is 0 Å². The second-order valence-electron chi connectivity index (χ2n) is 5.16. The van der Waals surface area contributed by atoms with E-state index in [2.05, 4.69) is 0 Å². The first-order valence-corrected chi connectivity index (χ1v) is 5.91. The molecular weight excluding hydrogens is 208 g/mol. The van der Waals surface area contributed by atoms with E-state index in [0.717, 1.165) is 0 Å². The normalized spacial score (nSPS) is 37.3. The summed E-state index contributed by atoms with van der Waals surface area (Å²) < 4.78 is 5.24. The Morgan fingerprint density at radius 1 is 1.38 bits per heavy atom. The molecule has 4 nitrogen and oxygen atoms in total. The van der Waals surface area contributed by atoms with Gasteiger partial charge in [0, 0.05) is 12.3 Å². The molecule has 1 aliphatic heterocycles. The largest absolute Gasteiger partial charge is 0.462 e. The summed E-state index contributed by atoms with van der Waals surface area (Å²) in [6, 6.07) is 0. The predicted octanol–water partition coefficient (Wildman–Crippen LogP) is 0.952. The van der Waals surface area contributed by atoms with E-state index in [4.69, 9.17) is 4.74 Å². The maximum absolute atomic E-state index is 11.4. The first-order chi connectivity index (χ1) is 7.34. The fourth-order valence-corrected chi connectivity index (χ4v) is 1.95. The molecule has 0 bridgehead atoms. The standard InChI is InChI=1S/C12H22O4/c1-6(2)9(13)5-10-7(3)11(14)8(4)12(15)16-10/h6-11,13-14H,5H2,1-4H3/t7-,8+,9-,10?,11-/m0/s1. The zero-order chi connectivity index (χ0) is 12.5. The third-order valence-electron chi connectivity index (χ3n) is 3.52. The van der Waals surface area contributed by atoms with Gasteiger partial charge in [-0.05, 0) is 12.8 Å². The SMILES string of the molecule is CC(C)[C@@H](O)CC1OC(=O)[C@H](C)[C@@H](O)[C@H]1C. The zero-order valence-electron chi connectivity index (χ0n) is 10.4. The molecule has 4 heteroatoms. The van der Waals surface area contributed by atoms with Gasteiger partial charge in [0.05, 0.1) is 18.1 Å². The fraction of sp³-hybridized carbons (Fsp3) is 0.917. The average Bonchev–Trinajstić information content (AvgIpc) is 2.22. The van der Waals surface area contributed by atoms with Crippen LogP contribution in [-0.4, -0.2) is 34.5 Å². The first kappa shape index (κ1) is 13.5. The second kappa shape index (κ2) is 5.15. The Balaban J connectivity index is 2.64. The van der Waals surface area contributed by atoms with Gasteiger partial charge in [0.15, 0.2) is 0 Å². The molecule has 2 N–H and O–H groups in total. The Hall–Kier alpha value is -0.610. The molecule has 0 aromatic carbocycles. The molecule has 1 fully saturated rings. The average molecular weight is 230 g/mol. The molecule has 16 heavy (non-hydrogen) atoms. The maximum atomic E-state index is 11.4. The molecule has 0 aromatic rings. The highest BCUT2D eigenvalue weighted by Crippen LogP contribution is 2.29. The van der Waals surface area contributed by atoms with Crippen molar-refractivity contribution in [3.8, 4) is 0 Å². The summed E-state index contributed by atoms with van der Waals surface area (Å²) in [5, 5.41) is 19.6. The van der Waals surface area contributed by atoms with Crippen LogP contribution in [0.4, 0.5) is 0 Å². The number of rotatable bonds is 3. The van der Waals surface area contributed by atoms with Crippen molar-refractivity contribution < 1.29 is 19.7 Å². The van der Waals surface area contributed by atoms with Crippen molar-refractivity contribution in [1.82, 2.24) is 0 Å². The van der Waals surface area contributed by atoms with Crippen LogP contribution in [0.25, 0.3) is 0 Å². The smallest absolute Gasteiger partial charge is 0.311 e. The molecule has 0 saturated carbocycles. The van der Waals surface area contributed by atoms with E-state index >= 15 is 0 Å². The minimum absolute atomic E-state index is 0.124. The summed E-state index contributed by atoms with van der Waals surface area (Å²) in [6.45, 7) is 7.35. The Morgan fingerprint density at radius 2 is 1.94 bits per heavy atom. The van der Waals surface area contributed by atoms with Gasteiger partial charge in [-0.1, -0.05) is 20.8 Å².